The predicted octanol–water partition coefficient (Wildman–Crippen LogP) is 3.73. The second-order valence-corrected chi connectivity index (χ2v) is 6.34. The molecule has 1 aliphatic carbocycles. The van der Waals surface area contributed by atoms with E-state index in [1.54, 1.807) is 12.1 Å². The van der Waals surface area contributed by atoms with Gasteiger partial charge in [0.25, 0.3) is 0 Å². The molecule has 1 heterocycles. The Hall–Kier alpha value is -0.350. The summed E-state index contributed by atoms with van der Waals surface area (Å²) >= 11 is 0. The average molecular weight is 335 g/mol. The summed E-state index contributed by atoms with van der Waals surface area (Å²) in [7, 11) is 0. The molecule has 1 spiro atoms. The Bertz CT molecular complexity index is 473. The number of fused-ring (bicyclic) bond motifs is 2. The van der Waals surface area contributed by atoms with E-state index in [1.165, 1.54) is 11.1 Å². The molecule has 3 rings (SSSR count). The molecule has 1 fully saturated rings. The first-order valence-corrected chi connectivity index (χ1v) is 7.37. The van der Waals surface area contributed by atoms with Gasteiger partial charge in [-0.1, -0.05) is 19.9 Å². The van der Waals surface area contributed by atoms with Crippen molar-refractivity contribution in [1.29, 1.82) is 0 Å². The van der Waals surface area contributed by atoms with Crippen molar-refractivity contribution in [3.8, 4) is 0 Å². The van der Waals surface area contributed by atoms with Gasteiger partial charge >= 0.3 is 0 Å². The van der Waals surface area contributed by atoms with Crippen molar-refractivity contribution in [3.63, 3.8) is 0 Å². The molecule has 21 heavy (non-hydrogen) atoms. The van der Waals surface area contributed by atoms with E-state index in [4.69, 9.17) is 0 Å². The third-order valence-corrected chi connectivity index (χ3v) is 4.65. The van der Waals surface area contributed by atoms with Crippen LogP contribution in [0.25, 0.3) is 0 Å². The fraction of sp³-hybridized carbons (Fsp3) is 0.625. The molecular weight excluding hydrogens is 310 g/mol. The van der Waals surface area contributed by atoms with Gasteiger partial charge in [-0.15, -0.1) is 24.8 Å². The minimum absolute atomic E-state index is 0. The van der Waals surface area contributed by atoms with Gasteiger partial charge in [0.2, 0.25) is 0 Å². The molecule has 0 amide bonds. The van der Waals surface area contributed by atoms with E-state index in [1.807, 2.05) is 6.07 Å². The molecule has 0 bridgehead atoms. The highest BCUT2D eigenvalue weighted by Crippen LogP contribution is 2.50. The number of halogens is 3. The zero-order valence-corrected chi connectivity index (χ0v) is 14.2. The Balaban J connectivity index is 0.00000110. The average Bonchev–Trinajstić information content (AvgIpc) is 2.64. The lowest BCUT2D eigenvalue weighted by atomic mass is 9.74. The molecule has 1 saturated heterocycles. The van der Waals surface area contributed by atoms with Crippen LogP contribution in [0.3, 0.4) is 0 Å². The molecule has 2 N–H and O–H groups in total. The molecule has 120 valence electrons. The molecule has 0 radical (unpaired) electrons. The van der Waals surface area contributed by atoms with Crippen LogP contribution in [0.15, 0.2) is 18.2 Å². The highest BCUT2D eigenvalue weighted by atomic mass is 35.5. The Morgan fingerprint density at radius 2 is 1.90 bits per heavy atom. The molecule has 1 atom stereocenters. The first-order valence-electron chi connectivity index (χ1n) is 7.37. The van der Waals surface area contributed by atoms with Crippen molar-refractivity contribution in [2.24, 2.45) is 0 Å². The Kier molecular flexibility index (Phi) is 6.48. The minimum atomic E-state index is -0.0955. The van der Waals surface area contributed by atoms with Crippen molar-refractivity contribution in [1.82, 2.24) is 10.6 Å². The van der Waals surface area contributed by atoms with Gasteiger partial charge in [-0.3, -0.25) is 0 Å². The fourth-order valence-electron chi connectivity index (χ4n) is 3.83. The number of nitrogens with one attached hydrogen (secondary N) is 2. The number of rotatable bonds is 2. The zero-order chi connectivity index (χ0) is 13.5. The number of hydrogen-bond donors (Lipinski definition) is 2. The maximum atomic E-state index is 13.7. The van der Waals surface area contributed by atoms with Gasteiger partial charge in [-0.25, -0.2) is 4.39 Å². The number of piperidine rings is 1. The maximum Gasteiger partial charge on any atom is 0.123 e. The summed E-state index contributed by atoms with van der Waals surface area (Å²) in [6, 6.07) is 6.21. The van der Waals surface area contributed by atoms with Gasteiger partial charge in [0.05, 0.1) is 0 Å². The van der Waals surface area contributed by atoms with Crippen molar-refractivity contribution in [3.05, 3.63) is 35.1 Å². The van der Waals surface area contributed by atoms with Crippen LogP contribution in [0.2, 0.25) is 0 Å². The highest BCUT2D eigenvalue weighted by molar-refractivity contribution is 5.85. The van der Waals surface area contributed by atoms with E-state index < -0.39 is 0 Å². The van der Waals surface area contributed by atoms with Crippen molar-refractivity contribution in [2.45, 2.75) is 50.6 Å². The SMILES string of the molecule is CC(C)NC1CC2(CCNCC2)c2cc(F)ccc21.Cl.Cl. The number of hydrogen-bond acceptors (Lipinski definition) is 2. The van der Waals surface area contributed by atoms with Crippen molar-refractivity contribution >= 4 is 24.8 Å². The van der Waals surface area contributed by atoms with E-state index in [0.717, 1.165) is 32.4 Å². The van der Waals surface area contributed by atoms with Gasteiger partial charge in [0.15, 0.2) is 0 Å². The van der Waals surface area contributed by atoms with Gasteiger partial charge in [0, 0.05) is 12.1 Å². The van der Waals surface area contributed by atoms with Crippen LogP contribution in [0, 0.1) is 5.82 Å². The van der Waals surface area contributed by atoms with Crippen LogP contribution in [-0.2, 0) is 5.41 Å². The second-order valence-electron chi connectivity index (χ2n) is 6.34. The lowest BCUT2D eigenvalue weighted by Crippen LogP contribution is -2.39. The summed E-state index contributed by atoms with van der Waals surface area (Å²) in [5, 5.41) is 7.07. The maximum absolute atomic E-state index is 13.7. The van der Waals surface area contributed by atoms with E-state index in [2.05, 4.69) is 24.5 Å². The quantitative estimate of drug-likeness (QED) is 0.860. The third kappa shape index (κ3) is 3.53. The zero-order valence-electron chi connectivity index (χ0n) is 12.6. The molecule has 1 aliphatic heterocycles. The molecule has 0 aromatic heterocycles. The van der Waals surface area contributed by atoms with Gasteiger partial charge < -0.3 is 10.6 Å². The third-order valence-electron chi connectivity index (χ3n) is 4.65. The second kappa shape index (κ2) is 7.28. The molecular formula is C16H25Cl2FN2. The minimum Gasteiger partial charge on any atom is -0.317 e. The summed E-state index contributed by atoms with van der Waals surface area (Å²) in [4.78, 5) is 0. The standard InChI is InChI=1S/C16H23FN2.2ClH/c1-11(2)19-15-10-16(5-7-18-8-6-16)14-9-12(17)3-4-13(14)15;;/h3-4,9,11,15,18-19H,5-8,10H2,1-2H3;2*1H. The molecule has 1 aromatic carbocycles. The largest absolute Gasteiger partial charge is 0.317 e. The monoisotopic (exact) mass is 334 g/mol. The van der Waals surface area contributed by atoms with Crippen LogP contribution < -0.4 is 10.6 Å². The van der Waals surface area contributed by atoms with Crippen LogP contribution in [0.4, 0.5) is 4.39 Å². The van der Waals surface area contributed by atoms with Gasteiger partial charge in [-0.2, -0.15) is 0 Å². The van der Waals surface area contributed by atoms with E-state index in [-0.39, 0.29) is 36.0 Å². The lowest BCUT2D eigenvalue weighted by molar-refractivity contribution is 0.278. The van der Waals surface area contributed by atoms with Crippen LogP contribution >= 0.6 is 24.8 Å². The van der Waals surface area contributed by atoms with E-state index >= 15 is 0 Å². The first-order chi connectivity index (χ1) is 9.11. The van der Waals surface area contributed by atoms with Crippen LogP contribution in [0.5, 0.6) is 0 Å². The number of benzene rings is 1. The summed E-state index contributed by atoms with van der Waals surface area (Å²) in [6.45, 7) is 6.45. The molecule has 1 aromatic rings. The lowest BCUT2D eigenvalue weighted by Gasteiger charge is -2.35. The smallest absolute Gasteiger partial charge is 0.123 e. The predicted molar refractivity (Wildman–Crippen MR) is 90.3 cm³/mol. The van der Waals surface area contributed by atoms with Crippen LogP contribution in [0.1, 0.15) is 50.3 Å². The highest BCUT2D eigenvalue weighted by Gasteiger charge is 2.44. The summed E-state index contributed by atoms with van der Waals surface area (Å²) in [5.41, 5.74) is 2.76. The molecule has 2 nitrogen and oxygen atoms in total. The topological polar surface area (TPSA) is 24.1 Å². The fourth-order valence-corrected chi connectivity index (χ4v) is 3.83. The van der Waals surface area contributed by atoms with Crippen molar-refractivity contribution in [2.75, 3.05) is 13.1 Å². The van der Waals surface area contributed by atoms with E-state index in [0.29, 0.717) is 12.1 Å². The Morgan fingerprint density at radius 1 is 1.24 bits per heavy atom. The molecule has 0 saturated carbocycles. The molecule has 1 unspecified atom stereocenters. The summed E-state index contributed by atoms with van der Waals surface area (Å²) in [5.74, 6) is -0.0955. The first kappa shape index (κ1) is 18.7. The van der Waals surface area contributed by atoms with Crippen molar-refractivity contribution < 1.29 is 4.39 Å². The normalized spacial score (nSPS) is 22.6. The molecule has 5 heteroatoms. The molecule has 2 aliphatic rings. The Labute approximate surface area is 139 Å². The van der Waals surface area contributed by atoms with Crippen LogP contribution in [-0.4, -0.2) is 19.1 Å². The summed E-state index contributed by atoms with van der Waals surface area (Å²) in [6.07, 6.45) is 3.37. The summed E-state index contributed by atoms with van der Waals surface area (Å²) < 4.78 is 13.7. The van der Waals surface area contributed by atoms with E-state index in [9.17, 15) is 4.39 Å². The Morgan fingerprint density at radius 3 is 2.52 bits per heavy atom. The van der Waals surface area contributed by atoms with Gasteiger partial charge in [0.1, 0.15) is 5.82 Å². The van der Waals surface area contributed by atoms with Gasteiger partial charge in [-0.05, 0) is 61.0 Å².